The highest BCUT2D eigenvalue weighted by Crippen LogP contribution is 2.28. The van der Waals surface area contributed by atoms with E-state index in [1.807, 2.05) is 25.1 Å². The number of carbonyl (C=O) groups is 1. The number of rotatable bonds is 5. The number of aromatic nitrogens is 2. The molecule has 0 radical (unpaired) electrons. The van der Waals surface area contributed by atoms with Crippen LogP contribution in [0.15, 0.2) is 70.6 Å². The first-order valence-corrected chi connectivity index (χ1v) is 11.2. The molecule has 0 aliphatic heterocycles. The van der Waals surface area contributed by atoms with E-state index in [2.05, 4.69) is 10.3 Å². The number of amides is 1. The number of thioether (sulfide) groups is 1. The second kappa shape index (κ2) is 9.33. The fourth-order valence-electron chi connectivity index (χ4n) is 3.25. The molecule has 0 aliphatic rings. The number of hydrogen-bond acceptors (Lipinski definition) is 4. The average Bonchev–Trinajstić information content (AvgIpc) is 2.77. The third-order valence-corrected chi connectivity index (χ3v) is 6.29. The van der Waals surface area contributed by atoms with Gasteiger partial charge in [-0.25, -0.2) is 13.8 Å². The minimum Gasteiger partial charge on any atom is -0.325 e. The number of para-hydroxylation sites is 1. The molecule has 4 rings (SSSR count). The number of hydrogen-bond donors (Lipinski definition) is 1. The summed E-state index contributed by atoms with van der Waals surface area (Å²) in [7, 11) is 0. The van der Waals surface area contributed by atoms with Crippen LogP contribution in [-0.4, -0.2) is 20.7 Å². The van der Waals surface area contributed by atoms with Crippen molar-refractivity contribution in [1.29, 1.82) is 0 Å². The average molecular weight is 486 g/mol. The maximum Gasteiger partial charge on any atom is 0.266 e. The van der Waals surface area contributed by atoms with Gasteiger partial charge in [0.25, 0.3) is 5.56 Å². The first-order valence-electron chi connectivity index (χ1n) is 9.95. The minimum atomic E-state index is -0.931. The Hall–Kier alpha value is -3.23. The molecule has 0 saturated heterocycles. The smallest absolute Gasteiger partial charge is 0.266 e. The number of fused-ring (bicyclic) bond motifs is 1. The maximum atomic E-state index is 14.7. The summed E-state index contributed by atoms with van der Waals surface area (Å²) >= 11 is 7.03. The van der Waals surface area contributed by atoms with Gasteiger partial charge in [-0.15, -0.1) is 0 Å². The van der Waals surface area contributed by atoms with Crippen molar-refractivity contribution in [1.82, 2.24) is 9.55 Å². The number of aryl methyl sites for hydroxylation is 1. The lowest BCUT2D eigenvalue weighted by Gasteiger charge is -2.17. The van der Waals surface area contributed by atoms with Crippen LogP contribution in [0.3, 0.4) is 0 Å². The van der Waals surface area contributed by atoms with Crippen LogP contribution in [0.5, 0.6) is 0 Å². The lowest BCUT2D eigenvalue weighted by Crippen LogP contribution is -2.27. The number of anilines is 1. The van der Waals surface area contributed by atoms with Gasteiger partial charge in [0, 0.05) is 16.8 Å². The van der Waals surface area contributed by atoms with E-state index in [0.717, 1.165) is 34.0 Å². The summed E-state index contributed by atoms with van der Waals surface area (Å²) in [5.41, 5.74) is 1.15. The van der Waals surface area contributed by atoms with E-state index in [9.17, 15) is 18.4 Å². The van der Waals surface area contributed by atoms with Gasteiger partial charge in [-0.05, 0) is 55.8 Å². The number of carbonyl (C=O) groups excluding carboxylic acids is 1. The Kier molecular flexibility index (Phi) is 6.49. The second-order valence-corrected chi connectivity index (χ2v) is 9.10. The van der Waals surface area contributed by atoms with Crippen LogP contribution in [0.25, 0.3) is 16.6 Å². The number of benzene rings is 3. The van der Waals surface area contributed by atoms with Gasteiger partial charge in [-0.1, -0.05) is 41.6 Å². The normalized spacial score (nSPS) is 12.0. The van der Waals surface area contributed by atoms with E-state index in [1.54, 1.807) is 25.1 Å². The summed E-state index contributed by atoms with van der Waals surface area (Å²) < 4.78 is 29.2. The molecule has 0 fully saturated rings. The van der Waals surface area contributed by atoms with Crippen molar-refractivity contribution < 1.29 is 13.6 Å². The van der Waals surface area contributed by atoms with Gasteiger partial charge in [0.05, 0.1) is 21.8 Å². The minimum absolute atomic E-state index is 0.0905. The second-order valence-electron chi connectivity index (χ2n) is 7.36. The van der Waals surface area contributed by atoms with Crippen molar-refractivity contribution >= 4 is 45.9 Å². The largest absolute Gasteiger partial charge is 0.325 e. The molecule has 1 aromatic heterocycles. The summed E-state index contributed by atoms with van der Waals surface area (Å²) in [6.45, 7) is 3.53. The van der Waals surface area contributed by atoms with Gasteiger partial charge >= 0.3 is 0 Å². The van der Waals surface area contributed by atoms with Crippen LogP contribution in [0, 0.1) is 18.6 Å². The third kappa shape index (κ3) is 4.77. The SMILES string of the molecule is Cc1ccccc1NC(=O)[C@H](C)Sc1nc2ccc(Cl)cc2c(=O)n1-c1ccc(F)cc1F. The number of halogens is 3. The van der Waals surface area contributed by atoms with E-state index in [4.69, 9.17) is 11.6 Å². The van der Waals surface area contributed by atoms with Crippen molar-refractivity contribution in [3.63, 3.8) is 0 Å². The zero-order chi connectivity index (χ0) is 23.7. The van der Waals surface area contributed by atoms with Crippen molar-refractivity contribution in [2.75, 3.05) is 5.32 Å². The van der Waals surface area contributed by atoms with Gasteiger partial charge in [-0.2, -0.15) is 0 Å². The molecule has 0 aliphatic carbocycles. The Morgan fingerprint density at radius 1 is 1.12 bits per heavy atom. The Labute approximate surface area is 197 Å². The topological polar surface area (TPSA) is 64.0 Å². The zero-order valence-corrected chi connectivity index (χ0v) is 19.2. The molecule has 9 heteroatoms. The molecule has 33 heavy (non-hydrogen) atoms. The van der Waals surface area contributed by atoms with Crippen LogP contribution in [0.2, 0.25) is 5.02 Å². The Morgan fingerprint density at radius 2 is 1.88 bits per heavy atom. The Bertz CT molecular complexity index is 1440. The Balaban J connectivity index is 1.79. The van der Waals surface area contributed by atoms with Crippen molar-refractivity contribution in [2.45, 2.75) is 24.3 Å². The number of nitrogens with zero attached hydrogens (tertiary/aromatic N) is 2. The van der Waals surface area contributed by atoms with E-state index < -0.39 is 22.4 Å². The Morgan fingerprint density at radius 3 is 2.61 bits per heavy atom. The highest BCUT2D eigenvalue weighted by atomic mass is 35.5. The van der Waals surface area contributed by atoms with Gasteiger partial charge < -0.3 is 5.32 Å². The summed E-state index contributed by atoms with van der Waals surface area (Å²) in [6, 6.07) is 14.8. The molecule has 0 unspecified atom stereocenters. The summed E-state index contributed by atoms with van der Waals surface area (Å²) in [6.07, 6.45) is 0. The van der Waals surface area contributed by atoms with E-state index in [-0.39, 0.29) is 22.1 Å². The quantitative estimate of drug-likeness (QED) is 0.289. The van der Waals surface area contributed by atoms with Crippen molar-refractivity contribution in [3.05, 3.63) is 93.2 Å². The first kappa shape index (κ1) is 22.9. The molecule has 1 atom stereocenters. The molecule has 4 aromatic rings. The van der Waals surface area contributed by atoms with Crippen LogP contribution in [-0.2, 0) is 4.79 Å². The molecule has 3 aromatic carbocycles. The van der Waals surface area contributed by atoms with Gasteiger partial charge in [-0.3, -0.25) is 14.2 Å². The number of nitrogens with one attached hydrogen (secondary N) is 1. The van der Waals surface area contributed by atoms with Gasteiger partial charge in [0.15, 0.2) is 5.16 Å². The standard InChI is InChI=1S/C24H18ClF2N3O2S/c1-13-5-3-4-6-19(13)28-22(31)14(2)33-24-29-20-9-7-15(25)11-17(20)23(32)30(24)21-10-8-16(26)12-18(21)27/h3-12,14H,1-2H3,(H,28,31)/t14-/m0/s1. The molecular weight excluding hydrogens is 468 g/mol. The molecular formula is C24H18ClF2N3O2S. The summed E-state index contributed by atoms with van der Waals surface area (Å²) in [5.74, 6) is -2.02. The van der Waals surface area contributed by atoms with E-state index in [1.165, 1.54) is 6.07 Å². The first-order chi connectivity index (χ1) is 15.7. The third-order valence-electron chi connectivity index (χ3n) is 5.00. The van der Waals surface area contributed by atoms with Crippen molar-refractivity contribution in [3.8, 4) is 5.69 Å². The molecule has 1 heterocycles. The molecule has 168 valence electrons. The predicted octanol–water partition coefficient (Wildman–Crippen LogP) is 5.75. The highest BCUT2D eigenvalue weighted by Gasteiger charge is 2.22. The fraction of sp³-hybridized carbons (Fsp3) is 0.125. The van der Waals surface area contributed by atoms with Gasteiger partial charge in [0.1, 0.15) is 11.6 Å². The highest BCUT2D eigenvalue weighted by molar-refractivity contribution is 8.00. The molecule has 0 bridgehead atoms. The molecule has 0 spiro atoms. The predicted molar refractivity (Wildman–Crippen MR) is 127 cm³/mol. The zero-order valence-electron chi connectivity index (χ0n) is 17.6. The monoisotopic (exact) mass is 485 g/mol. The van der Waals surface area contributed by atoms with Crippen LogP contribution < -0.4 is 10.9 Å². The summed E-state index contributed by atoms with van der Waals surface area (Å²) in [4.78, 5) is 30.6. The van der Waals surface area contributed by atoms with Crippen LogP contribution in [0.1, 0.15) is 12.5 Å². The maximum absolute atomic E-state index is 14.7. The lowest BCUT2D eigenvalue weighted by molar-refractivity contribution is -0.115. The molecule has 1 amide bonds. The van der Waals surface area contributed by atoms with E-state index in [0.29, 0.717) is 22.3 Å². The van der Waals surface area contributed by atoms with E-state index >= 15 is 0 Å². The van der Waals surface area contributed by atoms with Crippen LogP contribution >= 0.6 is 23.4 Å². The van der Waals surface area contributed by atoms with Gasteiger partial charge in [0.2, 0.25) is 5.91 Å². The molecule has 1 N–H and O–H groups in total. The summed E-state index contributed by atoms with van der Waals surface area (Å²) in [5, 5.41) is 2.75. The van der Waals surface area contributed by atoms with Crippen molar-refractivity contribution in [2.24, 2.45) is 0 Å². The van der Waals surface area contributed by atoms with Crippen LogP contribution in [0.4, 0.5) is 14.5 Å². The molecule has 5 nitrogen and oxygen atoms in total. The molecule has 0 saturated carbocycles. The lowest BCUT2D eigenvalue weighted by atomic mass is 10.2. The fourth-order valence-corrected chi connectivity index (χ4v) is 4.34.